The van der Waals surface area contributed by atoms with Crippen molar-refractivity contribution in [3.8, 4) is 0 Å². The van der Waals surface area contributed by atoms with Crippen LogP contribution < -0.4 is 5.32 Å². The van der Waals surface area contributed by atoms with Gasteiger partial charge in [0.1, 0.15) is 16.3 Å². The van der Waals surface area contributed by atoms with Crippen LogP contribution in [0.1, 0.15) is 23.2 Å². The molecular formula is C12H11N3O6. The van der Waals surface area contributed by atoms with E-state index < -0.39 is 39.7 Å². The van der Waals surface area contributed by atoms with Crippen LogP contribution in [0.25, 0.3) is 0 Å². The van der Waals surface area contributed by atoms with Gasteiger partial charge in [0, 0.05) is 5.56 Å². The fraction of sp³-hybridized carbons (Fsp3) is 0.333. The van der Waals surface area contributed by atoms with Gasteiger partial charge < -0.3 is 5.32 Å². The fourth-order valence-electron chi connectivity index (χ4n) is 2.22. The second-order valence-corrected chi connectivity index (χ2v) is 4.63. The van der Waals surface area contributed by atoms with Crippen LogP contribution in [0, 0.1) is 20.2 Å². The number of ketones is 1. The van der Waals surface area contributed by atoms with Gasteiger partial charge in [-0.3, -0.25) is 29.8 Å². The van der Waals surface area contributed by atoms with Gasteiger partial charge in [-0.05, 0) is 6.42 Å². The highest BCUT2D eigenvalue weighted by Gasteiger charge is 2.66. The van der Waals surface area contributed by atoms with Crippen molar-refractivity contribution in [1.29, 1.82) is 0 Å². The minimum atomic E-state index is -2.91. The maximum Gasteiger partial charge on any atom is 0.534 e. The van der Waals surface area contributed by atoms with Crippen molar-refractivity contribution in [1.82, 2.24) is 5.32 Å². The Hall–Kier alpha value is -2.84. The number of carbonyl (C=O) groups excluding carboxylic acids is 2. The monoisotopic (exact) mass is 293 g/mol. The molecule has 1 aromatic carbocycles. The molecule has 0 aliphatic carbocycles. The highest BCUT2D eigenvalue weighted by atomic mass is 16.7. The molecule has 1 aromatic rings. The van der Waals surface area contributed by atoms with E-state index in [-0.39, 0.29) is 6.42 Å². The van der Waals surface area contributed by atoms with E-state index in [0.29, 0.717) is 5.56 Å². The van der Waals surface area contributed by atoms with Crippen LogP contribution in [0.2, 0.25) is 0 Å². The van der Waals surface area contributed by atoms with Crippen LogP contribution in [0.3, 0.4) is 0 Å². The number of carbonyl (C=O) groups is 2. The van der Waals surface area contributed by atoms with Gasteiger partial charge in [0.05, 0.1) is 6.04 Å². The van der Waals surface area contributed by atoms with E-state index in [4.69, 9.17) is 0 Å². The molecule has 0 aromatic heterocycles. The fourth-order valence-corrected chi connectivity index (χ4v) is 2.22. The first-order valence-electron chi connectivity index (χ1n) is 6.09. The van der Waals surface area contributed by atoms with E-state index in [0.717, 1.165) is 0 Å². The molecule has 1 unspecified atom stereocenters. The van der Waals surface area contributed by atoms with Crippen LogP contribution >= 0.6 is 0 Å². The third-order valence-corrected chi connectivity index (χ3v) is 3.43. The molecule has 0 bridgehead atoms. The Bertz CT molecular complexity index is 601. The number of benzene rings is 1. The quantitative estimate of drug-likeness (QED) is 0.369. The van der Waals surface area contributed by atoms with Gasteiger partial charge in [-0.1, -0.05) is 30.3 Å². The molecule has 0 radical (unpaired) electrons. The molecule has 1 N–H and O–H groups in total. The summed E-state index contributed by atoms with van der Waals surface area (Å²) in [6, 6.07) is 7.06. The second kappa shape index (κ2) is 5.27. The molecule has 9 nitrogen and oxygen atoms in total. The SMILES string of the molecule is O=C(c1ccccc1)C1CCC([N+](=O)[O-])([N+](=O)[O-])C(=O)N1. The summed E-state index contributed by atoms with van der Waals surface area (Å²) < 4.78 is 0. The van der Waals surface area contributed by atoms with Crippen molar-refractivity contribution in [2.75, 3.05) is 0 Å². The summed E-state index contributed by atoms with van der Waals surface area (Å²) in [5.41, 5.74) is -2.58. The number of Topliss-reactive ketones (excluding diaryl/α,β-unsaturated/α-hetero) is 1. The van der Waals surface area contributed by atoms with Gasteiger partial charge in [-0.15, -0.1) is 0 Å². The number of nitrogens with one attached hydrogen (secondary N) is 1. The van der Waals surface area contributed by atoms with Crippen LogP contribution in [-0.4, -0.2) is 33.2 Å². The van der Waals surface area contributed by atoms with E-state index in [1.807, 2.05) is 0 Å². The first kappa shape index (κ1) is 14.6. The summed E-state index contributed by atoms with van der Waals surface area (Å²) in [6.07, 6.45) is -0.788. The van der Waals surface area contributed by atoms with Crippen LogP contribution in [0.4, 0.5) is 0 Å². The summed E-state index contributed by atoms with van der Waals surface area (Å²) in [5, 5.41) is 23.9. The molecular weight excluding hydrogens is 282 g/mol. The maximum absolute atomic E-state index is 12.1. The Labute approximate surface area is 118 Å². The van der Waals surface area contributed by atoms with Gasteiger partial charge in [-0.25, -0.2) is 0 Å². The number of amides is 1. The zero-order chi connectivity index (χ0) is 15.6. The molecule has 0 spiro atoms. The lowest BCUT2D eigenvalue weighted by Crippen LogP contribution is -2.64. The van der Waals surface area contributed by atoms with Crippen molar-refractivity contribution in [3.63, 3.8) is 0 Å². The van der Waals surface area contributed by atoms with Gasteiger partial charge in [0.2, 0.25) is 0 Å². The number of nitro groups is 2. The van der Waals surface area contributed by atoms with E-state index in [9.17, 15) is 29.8 Å². The average molecular weight is 293 g/mol. The number of nitrogens with zero attached hydrogens (tertiary/aromatic N) is 2. The number of piperidine rings is 1. The smallest absolute Gasteiger partial charge is 0.333 e. The van der Waals surface area contributed by atoms with E-state index in [2.05, 4.69) is 5.32 Å². The molecule has 1 aliphatic rings. The Morgan fingerprint density at radius 1 is 1.19 bits per heavy atom. The molecule has 1 aliphatic heterocycles. The minimum Gasteiger partial charge on any atom is -0.333 e. The topological polar surface area (TPSA) is 132 Å². The highest BCUT2D eigenvalue weighted by molar-refractivity contribution is 6.03. The highest BCUT2D eigenvalue weighted by Crippen LogP contribution is 2.26. The summed E-state index contributed by atoms with van der Waals surface area (Å²) in [7, 11) is 0. The largest absolute Gasteiger partial charge is 0.534 e. The van der Waals surface area contributed by atoms with Gasteiger partial charge in [0.15, 0.2) is 5.78 Å². The van der Waals surface area contributed by atoms with Crippen molar-refractivity contribution in [2.24, 2.45) is 0 Å². The Morgan fingerprint density at radius 3 is 2.24 bits per heavy atom. The zero-order valence-electron chi connectivity index (χ0n) is 10.7. The molecule has 1 amide bonds. The van der Waals surface area contributed by atoms with E-state index in [1.165, 1.54) is 12.1 Å². The Morgan fingerprint density at radius 2 is 1.76 bits per heavy atom. The Balaban J connectivity index is 2.21. The molecule has 1 atom stereocenters. The first-order chi connectivity index (χ1) is 9.89. The van der Waals surface area contributed by atoms with Gasteiger partial charge in [-0.2, -0.15) is 0 Å². The van der Waals surface area contributed by atoms with Gasteiger partial charge >= 0.3 is 11.6 Å². The van der Waals surface area contributed by atoms with Crippen molar-refractivity contribution < 1.29 is 19.4 Å². The lowest BCUT2D eigenvalue weighted by molar-refractivity contribution is -0.778. The third kappa shape index (κ3) is 2.33. The predicted molar refractivity (Wildman–Crippen MR) is 68.7 cm³/mol. The molecule has 1 heterocycles. The summed E-state index contributed by atoms with van der Waals surface area (Å²) in [5.74, 6) is -1.79. The Kier molecular flexibility index (Phi) is 3.66. The predicted octanol–water partition coefficient (Wildman–Crippen LogP) is 0.398. The van der Waals surface area contributed by atoms with E-state index in [1.54, 1.807) is 18.2 Å². The molecule has 0 saturated carbocycles. The first-order valence-corrected chi connectivity index (χ1v) is 6.09. The van der Waals surface area contributed by atoms with Crippen molar-refractivity contribution in [2.45, 2.75) is 24.5 Å². The molecule has 1 saturated heterocycles. The average Bonchev–Trinajstić information content (AvgIpc) is 2.46. The second-order valence-electron chi connectivity index (χ2n) is 4.63. The van der Waals surface area contributed by atoms with Crippen LogP contribution in [-0.2, 0) is 4.79 Å². The molecule has 2 rings (SSSR count). The third-order valence-electron chi connectivity index (χ3n) is 3.43. The minimum absolute atomic E-state index is 0.165. The number of hydrogen-bond donors (Lipinski definition) is 1. The molecule has 9 heteroatoms. The number of hydrogen-bond acceptors (Lipinski definition) is 6. The summed E-state index contributed by atoms with van der Waals surface area (Å²) in [6.45, 7) is 0. The van der Waals surface area contributed by atoms with Crippen molar-refractivity contribution >= 4 is 11.7 Å². The summed E-state index contributed by atoms with van der Waals surface area (Å²) in [4.78, 5) is 43.3. The zero-order valence-corrected chi connectivity index (χ0v) is 10.7. The lowest BCUT2D eigenvalue weighted by atomic mass is 9.90. The molecule has 1 fully saturated rings. The lowest BCUT2D eigenvalue weighted by Gasteiger charge is -2.26. The molecule has 110 valence electrons. The van der Waals surface area contributed by atoms with Crippen LogP contribution in [0.15, 0.2) is 30.3 Å². The van der Waals surface area contributed by atoms with Gasteiger partial charge in [0.25, 0.3) is 0 Å². The molecule has 21 heavy (non-hydrogen) atoms. The number of rotatable bonds is 4. The normalized spacial score (nSPS) is 20.4. The maximum atomic E-state index is 12.1. The van der Waals surface area contributed by atoms with Crippen molar-refractivity contribution in [3.05, 3.63) is 56.1 Å². The summed E-state index contributed by atoms with van der Waals surface area (Å²) >= 11 is 0. The van der Waals surface area contributed by atoms with Crippen LogP contribution in [0.5, 0.6) is 0 Å². The standard InChI is InChI=1S/C12H11N3O6/c16-10(8-4-2-1-3-5-8)9-6-7-12(14(18)19,15(20)21)11(17)13-9/h1-5,9H,6-7H2,(H,13,17). The van der Waals surface area contributed by atoms with E-state index >= 15 is 0 Å².